The Bertz CT molecular complexity index is 1040. The van der Waals surface area contributed by atoms with Crippen LogP contribution in [0.5, 0.6) is 0 Å². The second kappa shape index (κ2) is 9.54. The molecule has 0 spiro atoms. The number of rotatable bonds is 6. The lowest BCUT2D eigenvalue weighted by molar-refractivity contribution is -0.141. The number of carbonyl (C=O) groups excluding carboxylic acids is 1. The number of carbonyl (C=O) groups is 1. The first kappa shape index (κ1) is 22.0. The Morgan fingerprint density at radius 1 is 0.969 bits per heavy atom. The quantitative estimate of drug-likeness (QED) is 0.631. The molecule has 1 aromatic heterocycles. The Labute approximate surface area is 183 Å². The monoisotopic (exact) mass is 444 g/mol. The highest BCUT2D eigenvalue weighted by atomic mass is 19.4. The molecule has 2 aromatic carbocycles. The van der Waals surface area contributed by atoms with Crippen molar-refractivity contribution in [3.63, 3.8) is 0 Å². The molecule has 0 atom stereocenters. The van der Waals surface area contributed by atoms with Gasteiger partial charge in [0.15, 0.2) is 5.69 Å². The fourth-order valence-corrected chi connectivity index (χ4v) is 3.45. The van der Waals surface area contributed by atoms with E-state index in [0.29, 0.717) is 17.8 Å². The van der Waals surface area contributed by atoms with E-state index in [0.717, 1.165) is 49.2 Å². The number of hydrogen-bond donors (Lipinski definition) is 1. The highest BCUT2D eigenvalue weighted by Crippen LogP contribution is 2.27. The van der Waals surface area contributed by atoms with Gasteiger partial charge in [-0.3, -0.25) is 9.69 Å². The van der Waals surface area contributed by atoms with Crippen molar-refractivity contribution in [2.24, 2.45) is 0 Å². The second-order valence-corrected chi connectivity index (χ2v) is 7.58. The highest BCUT2D eigenvalue weighted by molar-refractivity contribution is 5.94. The Hall–Kier alpha value is -3.17. The molecule has 2 heterocycles. The van der Waals surface area contributed by atoms with Gasteiger partial charge in [-0.25, -0.2) is 4.68 Å². The zero-order chi connectivity index (χ0) is 22.6. The van der Waals surface area contributed by atoms with Crippen LogP contribution in [0.15, 0.2) is 60.8 Å². The van der Waals surface area contributed by atoms with E-state index in [-0.39, 0.29) is 5.91 Å². The van der Waals surface area contributed by atoms with Crippen LogP contribution in [0.2, 0.25) is 0 Å². The lowest BCUT2D eigenvalue weighted by Gasteiger charge is -2.26. The number of amides is 1. The fourth-order valence-electron chi connectivity index (χ4n) is 3.45. The van der Waals surface area contributed by atoms with Gasteiger partial charge in [-0.05, 0) is 41.5 Å². The molecule has 6 nitrogen and oxygen atoms in total. The summed E-state index contributed by atoms with van der Waals surface area (Å²) in [6.07, 6.45) is -3.26. The molecular weight excluding hydrogens is 421 g/mol. The van der Waals surface area contributed by atoms with Crippen molar-refractivity contribution >= 4 is 5.91 Å². The molecule has 32 heavy (non-hydrogen) atoms. The Balaban J connectivity index is 1.30. The van der Waals surface area contributed by atoms with Gasteiger partial charge in [0.2, 0.25) is 0 Å². The van der Waals surface area contributed by atoms with Crippen molar-refractivity contribution in [3.05, 3.63) is 83.2 Å². The third-order valence-corrected chi connectivity index (χ3v) is 5.26. The average molecular weight is 444 g/mol. The molecule has 1 fully saturated rings. The minimum Gasteiger partial charge on any atom is -0.379 e. The summed E-state index contributed by atoms with van der Waals surface area (Å²) < 4.78 is 44.6. The molecule has 0 radical (unpaired) electrons. The summed E-state index contributed by atoms with van der Waals surface area (Å²) >= 11 is 0. The first-order chi connectivity index (χ1) is 15.4. The predicted molar refractivity (Wildman–Crippen MR) is 112 cm³/mol. The van der Waals surface area contributed by atoms with Crippen LogP contribution in [0.25, 0.3) is 5.69 Å². The van der Waals surface area contributed by atoms with Gasteiger partial charge in [-0.15, -0.1) is 0 Å². The number of hydrogen-bond acceptors (Lipinski definition) is 4. The molecule has 1 saturated heterocycles. The van der Waals surface area contributed by atoms with E-state index in [1.54, 1.807) is 24.3 Å². The van der Waals surface area contributed by atoms with Gasteiger partial charge in [0, 0.05) is 37.9 Å². The van der Waals surface area contributed by atoms with Gasteiger partial charge in [-0.2, -0.15) is 18.3 Å². The SMILES string of the molecule is O=C(NCc1ccc(CN2CCOCC2)cc1)c1ccc(-n2ccc(C(F)(F)F)n2)cc1. The lowest BCUT2D eigenvalue weighted by atomic mass is 10.1. The van der Waals surface area contributed by atoms with Crippen LogP contribution >= 0.6 is 0 Å². The van der Waals surface area contributed by atoms with Crippen LogP contribution in [0.1, 0.15) is 27.2 Å². The van der Waals surface area contributed by atoms with Crippen LogP contribution < -0.4 is 5.32 Å². The molecular formula is C23H23F3N4O2. The molecule has 1 amide bonds. The largest absolute Gasteiger partial charge is 0.435 e. The van der Waals surface area contributed by atoms with Crippen LogP contribution in [-0.4, -0.2) is 46.9 Å². The van der Waals surface area contributed by atoms with Crippen molar-refractivity contribution in [1.29, 1.82) is 0 Å². The summed E-state index contributed by atoms with van der Waals surface area (Å²) in [7, 11) is 0. The molecule has 168 valence electrons. The van der Waals surface area contributed by atoms with E-state index < -0.39 is 11.9 Å². The van der Waals surface area contributed by atoms with Crippen molar-refractivity contribution in [2.75, 3.05) is 26.3 Å². The minimum absolute atomic E-state index is 0.259. The molecule has 0 aliphatic carbocycles. The number of halogens is 3. The normalized spacial score (nSPS) is 15.0. The maximum atomic E-state index is 12.7. The number of nitrogens with one attached hydrogen (secondary N) is 1. The smallest absolute Gasteiger partial charge is 0.379 e. The minimum atomic E-state index is -4.49. The second-order valence-electron chi connectivity index (χ2n) is 7.58. The zero-order valence-electron chi connectivity index (χ0n) is 17.3. The van der Waals surface area contributed by atoms with Crippen molar-refractivity contribution < 1.29 is 22.7 Å². The van der Waals surface area contributed by atoms with Gasteiger partial charge in [0.05, 0.1) is 18.9 Å². The number of morpholine rings is 1. The molecule has 0 bridgehead atoms. The van der Waals surface area contributed by atoms with Gasteiger partial charge in [0.25, 0.3) is 5.91 Å². The number of benzene rings is 2. The molecule has 0 saturated carbocycles. The van der Waals surface area contributed by atoms with Crippen LogP contribution in [0.3, 0.4) is 0 Å². The average Bonchev–Trinajstić information content (AvgIpc) is 3.30. The summed E-state index contributed by atoms with van der Waals surface area (Å²) in [6, 6.07) is 15.3. The van der Waals surface area contributed by atoms with Crippen LogP contribution in [0, 0.1) is 0 Å². The number of alkyl halides is 3. The van der Waals surface area contributed by atoms with Gasteiger partial charge < -0.3 is 10.1 Å². The van der Waals surface area contributed by atoms with E-state index >= 15 is 0 Å². The molecule has 1 N–H and O–H groups in total. The van der Waals surface area contributed by atoms with E-state index in [4.69, 9.17) is 4.74 Å². The van der Waals surface area contributed by atoms with E-state index in [1.807, 2.05) is 12.1 Å². The third-order valence-electron chi connectivity index (χ3n) is 5.26. The van der Waals surface area contributed by atoms with Gasteiger partial charge in [0.1, 0.15) is 0 Å². The van der Waals surface area contributed by atoms with Crippen LogP contribution in [-0.2, 0) is 24.0 Å². The van der Waals surface area contributed by atoms with E-state index in [2.05, 4.69) is 27.4 Å². The molecule has 4 rings (SSSR count). The number of ether oxygens (including phenoxy) is 1. The fraction of sp³-hybridized carbons (Fsp3) is 0.304. The Morgan fingerprint density at radius 3 is 2.25 bits per heavy atom. The summed E-state index contributed by atoms with van der Waals surface area (Å²) in [6.45, 7) is 4.65. The van der Waals surface area contributed by atoms with E-state index in [1.165, 1.54) is 11.8 Å². The molecule has 9 heteroatoms. The van der Waals surface area contributed by atoms with Crippen molar-refractivity contribution in [1.82, 2.24) is 20.0 Å². The summed E-state index contributed by atoms with van der Waals surface area (Å²) in [5.74, 6) is -0.259. The van der Waals surface area contributed by atoms with Gasteiger partial charge in [-0.1, -0.05) is 24.3 Å². The first-order valence-corrected chi connectivity index (χ1v) is 10.3. The van der Waals surface area contributed by atoms with Gasteiger partial charge >= 0.3 is 6.18 Å². The lowest BCUT2D eigenvalue weighted by Crippen LogP contribution is -2.35. The molecule has 0 unspecified atom stereocenters. The summed E-state index contributed by atoms with van der Waals surface area (Å²) in [5.41, 5.74) is 2.09. The van der Waals surface area contributed by atoms with Crippen molar-refractivity contribution in [3.8, 4) is 5.69 Å². The number of aromatic nitrogens is 2. The van der Waals surface area contributed by atoms with Crippen molar-refractivity contribution in [2.45, 2.75) is 19.3 Å². The van der Waals surface area contributed by atoms with Crippen LogP contribution in [0.4, 0.5) is 13.2 Å². The zero-order valence-corrected chi connectivity index (χ0v) is 17.3. The maximum Gasteiger partial charge on any atom is 0.435 e. The molecule has 1 aliphatic rings. The highest BCUT2D eigenvalue weighted by Gasteiger charge is 2.33. The standard InChI is InChI=1S/C23H23F3N4O2/c24-23(25,26)21-9-10-30(28-21)20-7-5-19(6-8-20)22(31)27-15-17-1-3-18(4-2-17)16-29-11-13-32-14-12-29/h1-10H,11-16H2,(H,27,31). The molecule has 3 aromatic rings. The first-order valence-electron chi connectivity index (χ1n) is 10.3. The number of nitrogens with zero attached hydrogens (tertiary/aromatic N) is 3. The predicted octanol–water partition coefficient (Wildman–Crippen LogP) is 3.65. The molecule has 1 aliphatic heterocycles. The Kier molecular flexibility index (Phi) is 6.57. The Morgan fingerprint density at radius 2 is 1.62 bits per heavy atom. The maximum absolute atomic E-state index is 12.7. The summed E-state index contributed by atoms with van der Waals surface area (Å²) in [5, 5.41) is 6.39. The topological polar surface area (TPSA) is 59.4 Å². The summed E-state index contributed by atoms with van der Waals surface area (Å²) in [4.78, 5) is 14.8. The third kappa shape index (κ3) is 5.54. The van der Waals surface area contributed by atoms with E-state index in [9.17, 15) is 18.0 Å².